The quantitative estimate of drug-likeness (QED) is 0.834. The fourth-order valence-corrected chi connectivity index (χ4v) is 1.15. The molecule has 0 aliphatic carbocycles. The van der Waals surface area contributed by atoms with Gasteiger partial charge in [-0.1, -0.05) is 12.1 Å². The molecular formula is C13H16N2O2. The van der Waals surface area contributed by atoms with Crippen LogP contribution < -0.4 is 0 Å². The van der Waals surface area contributed by atoms with E-state index in [4.69, 9.17) is 10.2 Å². The largest absolute Gasteiger partial charge is 0.396 e. The molecule has 17 heavy (non-hydrogen) atoms. The zero-order valence-electron chi connectivity index (χ0n) is 9.53. The molecule has 4 heteroatoms. The number of aliphatic hydroxyl groups is 2. The summed E-state index contributed by atoms with van der Waals surface area (Å²) in [5.41, 5.74) is 1.66. The predicted molar refractivity (Wildman–Crippen MR) is 65.2 cm³/mol. The van der Waals surface area contributed by atoms with Crippen molar-refractivity contribution in [2.45, 2.75) is 13.0 Å². The highest BCUT2D eigenvalue weighted by atomic mass is 16.3. The Morgan fingerprint density at radius 2 is 1.41 bits per heavy atom. The van der Waals surface area contributed by atoms with Gasteiger partial charge in [0.15, 0.2) is 0 Å². The highest BCUT2D eigenvalue weighted by Crippen LogP contribution is 1.92. The summed E-state index contributed by atoms with van der Waals surface area (Å²) in [5.74, 6) is 0. The van der Waals surface area contributed by atoms with Crippen LogP contribution in [0.4, 0.5) is 0 Å². The van der Waals surface area contributed by atoms with Crippen LogP contribution in [-0.4, -0.2) is 26.8 Å². The molecule has 90 valence electrons. The average molecular weight is 232 g/mol. The molecule has 0 aromatic carbocycles. The molecule has 0 saturated carbocycles. The molecule has 2 aromatic heterocycles. The van der Waals surface area contributed by atoms with Crippen molar-refractivity contribution in [1.82, 2.24) is 9.97 Å². The summed E-state index contributed by atoms with van der Waals surface area (Å²) in [6.45, 7) is 0.206. The molecule has 2 N–H and O–H groups in total. The van der Waals surface area contributed by atoms with Crippen LogP contribution in [0.1, 0.15) is 11.4 Å². The lowest BCUT2D eigenvalue weighted by Crippen LogP contribution is -1.91. The van der Waals surface area contributed by atoms with Gasteiger partial charge < -0.3 is 10.2 Å². The minimum absolute atomic E-state index is 0.0286. The van der Waals surface area contributed by atoms with Crippen LogP contribution in [0.25, 0.3) is 0 Å². The van der Waals surface area contributed by atoms with Gasteiger partial charge in [0.1, 0.15) is 0 Å². The summed E-state index contributed by atoms with van der Waals surface area (Å²) >= 11 is 0. The van der Waals surface area contributed by atoms with Crippen molar-refractivity contribution in [1.29, 1.82) is 0 Å². The molecule has 4 nitrogen and oxygen atoms in total. The number of nitrogens with zero attached hydrogens (tertiary/aromatic N) is 2. The third kappa shape index (κ3) is 5.75. The number of aromatic nitrogens is 2. The van der Waals surface area contributed by atoms with E-state index in [0.29, 0.717) is 12.1 Å². The van der Waals surface area contributed by atoms with E-state index < -0.39 is 0 Å². The van der Waals surface area contributed by atoms with Gasteiger partial charge >= 0.3 is 0 Å². The lowest BCUT2D eigenvalue weighted by Gasteiger charge is -1.92. The minimum Gasteiger partial charge on any atom is -0.396 e. The molecule has 0 spiro atoms. The van der Waals surface area contributed by atoms with Crippen molar-refractivity contribution in [3.8, 4) is 0 Å². The molecule has 0 atom stereocenters. The standard InChI is InChI=1S/C7H9NO.C6H7NO/c9-6-4-7-3-1-2-5-8-7;8-5-6-3-1-2-4-7-6/h1-3,5,9H,4,6H2;1-4,8H,5H2. The number of hydrogen-bond acceptors (Lipinski definition) is 4. The first-order valence-electron chi connectivity index (χ1n) is 5.38. The topological polar surface area (TPSA) is 66.2 Å². The van der Waals surface area contributed by atoms with Gasteiger partial charge in [0.25, 0.3) is 0 Å². The number of aliphatic hydroxyl groups excluding tert-OH is 2. The van der Waals surface area contributed by atoms with E-state index in [2.05, 4.69) is 9.97 Å². The van der Waals surface area contributed by atoms with E-state index in [1.807, 2.05) is 30.3 Å². The monoisotopic (exact) mass is 232 g/mol. The Morgan fingerprint density at radius 3 is 1.76 bits per heavy atom. The second-order valence-electron chi connectivity index (χ2n) is 3.27. The summed E-state index contributed by atoms with van der Waals surface area (Å²) in [7, 11) is 0. The predicted octanol–water partition coefficient (Wildman–Crippen LogP) is 1.19. The maximum atomic E-state index is 8.48. The van der Waals surface area contributed by atoms with Gasteiger partial charge in [0.2, 0.25) is 0 Å². The van der Waals surface area contributed by atoms with E-state index in [0.717, 1.165) is 5.69 Å². The fourth-order valence-electron chi connectivity index (χ4n) is 1.15. The van der Waals surface area contributed by atoms with E-state index in [1.54, 1.807) is 18.5 Å². The first-order valence-corrected chi connectivity index (χ1v) is 5.38. The smallest absolute Gasteiger partial charge is 0.0852 e. The van der Waals surface area contributed by atoms with Gasteiger partial charge in [-0.3, -0.25) is 9.97 Å². The molecular weight excluding hydrogens is 216 g/mol. The van der Waals surface area contributed by atoms with Crippen LogP contribution >= 0.6 is 0 Å². The Labute approximate surface area is 101 Å². The SMILES string of the molecule is OCCc1ccccn1.OCc1ccccn1. The molecule has 2 heterocycles. The zero-order valence-corrected chi connectivity index (χ0v) is 9.53. The van der Waals surface area contributed by atoms with Crippen LogP contribution in [0, 0.1) is 0 Å². The Kier molecular flexibility index (Phi) is 6.55. The molecule has 0 aliphatic heterocycles. The number of rotatable bonds is 3. The third-order valence-electron chi connectivity index (χ3n) is 1.98. The van der Waals surface area contributed by atoms with Crippen molar-refractivity contribution in [2.24, 2.45) is 0 Å². The first-order chi connectivity index (χ1) is 8.36. The minimum atomic E-state index is 0.0286. The van der Waals surface area contributed by atoms with Crippen LogP contribution in [-0.2, 0) is 13.0 Å². The van der Waals surface area contributed by atoms with Gasteiger partial charge in [-0.05, 0) is 24.3 Å². The van der Waals surface area contributed by atoms with Crippen molar-refractivity contribution < 1.29 is 10.2 Å². The molecule has 0 unspecified atom stereocenters. The Morgan fingerprint density at radius 1 is 0.824 bits per heavy atom. The average Bonchev–Trinajstić information content (AvgIpc) is 2.42. The van der Waals surface area contributed by atoms with Crippen LogP contribution in [0.15, 0.2) is 48.8 Å². The Balaban J connectivity index is 0.000000171. The van der Waals surface area contributed by atoms with Gasteiger partial charge in [-0.2, -0.15) is 0 Å². The molecule has 0 saturated heterocycles. The lowest BCUT2D eigenvalue weighted by molar-refractivity contribution is 0.277. The van der Waals surface area contributed by atoms with E-state index in [1.165, 1.54) is 0 Å². The summed E-state index contributed by atoms with van der Waals surface area (Å²) in [4.78, 5) is 7.86. The molecule has 0 amide bonds. The second-order valence-corrected chi connectivity index (χ2v) is 3.27. The molecule has 2 aromatic rings. The summed E-state index contributed by atoms with van der Waals surface area (Å²) in [6, 6.07) is 11.1. The maximum absolute atomic E-state index is 8.48. The van der Waals surface area contributed by atoms with Crippen molar-refractivity contribution >= 4 is 0 Å². The third-order valence-corrected chi connectivity index (χ3v) is 1.98. The normalized spacial score (nSPS) is 9.29. The highest BCUT2D eigenvalue weighted by molar-refractivity contribution is 5.03. The van der Waals surface area contributed by atoms with Crippen LogP contribution in [0.3, 0.4) is 0 Å². The molecule has 2 rings (SSSR count). The van der Waals surface area contributed by atoms with Crippen LogP contribution in [0.5, 0.6) is 0 Å². The van der Waals surface area contributed by atoms with Gasteiger partial charge in [0.05, 0.1) is 12.3 Å². The van der Waals surface area contributed by atoms with Gasteiger partial charge in [0, 0.05) is 31.1 Å². The number of hydrogen-bond donors (Lipinski definition) is 2. The van der Waals surface area contributed by atoms with Gasteiger partial charge in [-0.25, -0.2) is 0 Å². The first kappa shape index (κ1) is 13.3. The van der Waals surface area contributed by atoms with E-state index in [9.17, 15) is 0 Å². The Bertz CT molecular complexity index is 393. The molecule has 0 fully saturated rings. The van der Waals surface area contributed by atoms with Crippen molar-refractivity contribution in [2.75, 3.05) is 6.61 Å². The second kappa shape index (κ2) is 8.38. The fraction of sp³-hybridized carbons (Fsp3) is 0.231. The van der Waals surface area contributed by atoms with E-state index >= 15 is 0 Å². The molecule has 0 aliphatic rings. The van der Waals surface area contributed by atoms with Crippen LogP contribution in [0.2, 0.25) is 0 Å². The highest BCUT2D eigenvalue weighted by Gasteiger charge is 1.87. The van der Waals surface area contributed by atoms with Crippen molar-refractivity contribution in [3.63, 3.8) is 0 Å². The number of pyridine rings is 2. The molecule has 0 bridgehead atoms. The molecule has 0 radical (unpaired) electrons. The lowest BCUT2D eigenvalue weighted by atomic mass is 10.3. The zero-order chi connectivity index (χ0) is 12.3. The van der Waals surface area contributed by atoms with E-state index in [-0.39, 0.29) is 13.2 Å². The Hall–Kier alpha value is -1.78. The summed E-state index contributed by atoms with van der Waals surface area (Å²) < 4.78 is 0. The summed E-state index contributed by atoms with van der Waals surface area (Å²) in [5, 5.41) is 17.0. The van der Waals surface area contributed by atoms with Gasteiger partial charge in [-0.15, -0.1) is 0 Å². The maximum Gasteiger partial charge on any atom is 0.0852 e. The van der Waals surface area contributed by atoms with Crippen molar-refractivity contribution in [3.05, 3.63) is 60.2 Å². The summed E-state index contributed by atoms with van der Waals surface area (Å²) in [6.07, 6.45) is 4.04.